The molecule has 1 aromatic carbocycles. The van der Waals surface area contributed by atoms with Crippen molar-refractivity contribution in [1.82, 2.24) is 10.2 Å². The average molecular weight is 220 g/mol. The van der Waals surface area contributed by atoms with E-state index in [2.05, 4.69) is 36.5 Å². The van der Waals surface area contributed by atoms with E-state index in [1.54, 1.807) is 11.9 Å². The molecule has 0 aromatic heterocycles. The van der Waals surface area contributed by atoms with Gasteiger partial charge in [0.15, 0.2) is 0 Å². The molecule has 0 bridgehead atoms. The quantitative estimate of drug-likeness (QED) is 0.838. The molecule has 1 rings (SSSR count). The van der Waals surface area contributed by atoms with Crippen LogP contribution in [0.15, 0.2) is 24.3 Å². The van der Waals surface area contributed by atoms with Gasteiger partial charge < -0.3 is 10.2 Å². The van der Waals surface area contributed by atoms with Crippen LogP contribution >= 0.6 is 0 Å². The van der Waals surface area contributed by atoms with Crippen molar-refractivity contribution in [2.24, 2.45) is 0 Å². The lowest BCUT2D eigenvalue weighted by molar-refractivity contribution is -0.130. The zero-order valence-corrected chi connectivity index (χ0v) is 10.4. The average Bonchev–Trinajstić information content (AvgIpc) is 2.28. The summed E-state index contributed by atoms with van der Waals surface area (Å²) in [6, 6.07) is 8.40. The van der Waals surface area contributed by atoms with Crippen LogP contribution in [0.1, 0.15) is 24.1 Å². The van der Waals surface area contributed by atoms with E-state index in [-0.39, 0.29) is 11.9 Å². The molecule has 1 atom stereocenters. The molecule has 0 aliphatic heterocycles. The second-order valence-electron chi connectivity index (χ2n) is 4.12. The zero-order valence-electron chi connectivity index (χ0n) is 10.4. The second-order valence-corrected chi connectivity index (χ2v) is 4.12. The van der Waals surface area contributed by atoms with Gasteiger partial charge in [-0.05, 0) is 26.5 Å². The molecule has 3 heteroatoms. The van der Waals surface area contributed by atoms with Crippen molar-refractivity contribution in [3.63, 3.8) is 0 Å². The highest BCUT2D eigenvalue weighted by Crippen LogP contribution is 2.18. The fraction of sp³-hybridized carbons (Fsp3) is 0.462. The maximum absolute atomic E-state index is 11.7. The molecule has 0 aliphatic rings. The molecule has 0 radical (unpaired) electrons. The molecule has 0 saturated heterocycles. The Hall–Kier alpha value is -1.35. The molecular formula is C13H20N2O. The van der Waals surface area contributed by atoms with Gasteiger partial charge in [0.1, 0.15) is 0 Å². The number of carbonyl (C=O) groups is 1. The third-order valence-corrected chi connectivity index (χ3v) is 2.86. The Morgan fingerprint density at radius 3 is 2.44 bits per heavy atom. The molecule has 16 heavy (non-hydrogen) atoms. The Morgan fingerprint density at radius 2 is 1.94 bits per heavy atom. The van der Waals surface area contributed by atoms with Crippen molar-refractivity contribution < 1.29 is 4.79 Å². The smallest absolute Gasteiger partial charge is 0.236 e. The van der Waals surface area contributed by atoms with Crippen molar-refractivity contribution in [1.29, 1.82) is 0 Å². The van der Waals surface area contributed by atoms with Gasteiger partial charge in [0.05, 0.1) is 12.6 Å². The van der Waals surface area contributed by atoms with Crippen molar-refractivity contribution in [2.45, 2.75) is 19.9 Å². The number of benzene rings is 1. The van der Waals surface area contributed by atoms with Crippen LogP contribution in [0.5, 0.6) is 0 Å². The minimum absolute atomic E-state index is 0.107. The van der Waals surface area contributed by atoms with Crippen molar-refractivity contribution in [2.75, 3.05) is 20.6 Å². The summed E-state index contributed by atoms with van der Waals surface area (Å²) in [6.07, 6.45) is 0. The maximum atomic E-state index is 11.7. The number of rotatable bonds is 4. The first-order chi connectivity index (χ1) is 7.56. The van der Waals surface area contributed by atoms with E-state index >= 15 is 0 Å². The number of carbonyl (C=O) groups excluding carboxylic acids is 1. The monoisotopic (exact) mass is 220 g/mol. The molecular weight excluding hydrogens is 200 g/mol. The van der Waals surface area contributed by atoms with Gasteiger partial charge in [0.2, 0.25) is 5.91 Å². The van der Waals surface area contributed by atoms with Gasteiger partial charge in [-0.25, -0.2) is 0 Å². The molecule has 3 nitrogen and oxygen atoms in total. The standard InChI is InChI=1S/C13H20N2O/c1-10-5-7-12(8-6-10)11(2)15(4)13(16)9-14-3/h5-8,11,14H,9H2,1-4H3. The molecule has 1 unspecified atom stereocenters. The van der Waals surface area contributed by atoms with Gasteiger partial charge in [-0.1, -0.05) is 29.8 Å². The van der Waals surface area contributed by atoms with Crippen molar-refractivity contribution in [3.8, 4) is 0 Å². The molecule has 0 saturated carbocycles. The summed E-state index contributed by atoms with van der Waals surface area (Å²) in [6.45, 7) is 4.48. The number of hydrogen-bond acceptors (Lipinski definition) is 2. The van der Waals surface area contributed by atoms with E-state index < -0.39 is 0 Å². The van der Waals surface area contributed by atoms with Gasteiger partial charge >= 0.3 is 0 Å². The van der Waals surface area contributed by atoms with Crippen LogP contribution in [0.2, 0.25) is 0 Å². The number of aryl methyl sites for hydroxylation is 1. The maximum Gasteiger partial charge on any atom is 0.236 e. The topological polar surface area (TPSA) is 32.3 Å². The first kappa shape index (κ1) is 12.7. The zero-order chi connectivity index (χ0) is 12.1. The molecule has 1 aromatic rings. The molecule has 88 valence electrons. The Balaban J connectivity index is 2.73. The fourth-order valence-electron chi connectivity index (χ4n) is 1.56. The summed E-state index contributed by atoms with van der Waals surface area (Å²) in [5.41, 5.74) is 2.40. The Labute approximate surface area is 97.5 Å². The van der Waals surface area contributed by atoms with Crippen LogP contribution in [0, 0.1) is 6.92 Å². The SMILES string of the molecule is CNCC(=O)N(C)C(C)c1ccc(C)cc1. The first-order valence-corrected chi connectivity index (χ1v) is 5.53. The lowest BCUT2D eigenvalue weighted by atomic mass is 10.1. The second kappa shape index (κ2) is 5.66. The van der Waals surface area contributed by atoms with Crippen LogP contribution in [0.25, 0.3) is 0 Å². The fourth-order valence-corrected chi connectivity index (χ4v) is 1.56. The van der Waals surface area contributed by atoms with Crippen LogP contribution in [-0.4, -0.2) is 31.4 Å². The first-order valence-electron chi connectivity index (χ1n) is 5.53. The van der Waals surface area contributed by atoms with Gasteiger partial charge in [-0.15, -0.1) is 0 Å². The van der Waals surface area contributed by atoms with E-state index in [1.807, 2.05) is 14.0 Å². The molecule has 1 N–H and O–H groups in total. The van der Waals surface area contributed by atoms with E-state index in [0.29, 0.717) is 6.54 Å². The highest BCUT2D eigenvalue weighted by molar-refractivity contribution is 5.78. The third-order valence-electron chi connectivity index (χ3n) is 2.86. The highest BCUT2D eigenvalue weighted by Gasteiger charge is 2.16. The van der Waals surface area contributed by atoms with Crippen LogP contribution < -0.4 is 5.32 Å². The number of likely N-dealkylation sites (N-methyl/N-ethyl adjacent to an activating group) is 2. The molecule has 0 aliphatic carbocycles. The normalized spacial score (nSPS) is 12.2. The van der Waals surface area contributed by atoms with Gasteiger partial charge in [-0.3, -0.25) is 4.79 Å². The summed E-state index contributed by atoms with van der Waals surface area (Å²) < 4.78 is 0. The number of nitrogens with one attached hydrogen (secondary N) is 1. The molecule has 0 spiro atoms. The Morgan fingerprint density at radius 1 is 1.38 bits per heavy atom. The number of hydrogen-bond donors (Lipinski definition) is 1. The van der Waals surface area contributed by atoms with E-state index in [4.69, 9.17) is 0 Å². The van der Waals surface area contributed by atoms with Crippen LogP contribution in [0.4, 0.5) is 0 Å². The van der Waals surface area contributed by atoms with Crippen molar-refractivity contribution >= 4 is 5.91 Å². The summed E-state index contributed by atoms with van der Waals surface area (Å²) in [5.74, 6) is 0.107. The summed E-state index contributed by atoms with van der Waals surface area (Å²) in [7, 11) is 3.62. The van der Waals surface area contributed by atoms with Gasteiger partial charge in [0.25, 0.3) is 0 Å². The largest absolute Gasteiger partial charge is 0.338 e. The van der Waals surface area contributed by atoms with E-state index in [0.717, 1.165) is 5.56 Å². The van der Waals surface area contributed by atoms with Crippen LogP contribution in [0.3, 0.4) is 0 Å². The van der Waals surface area contributed by atoms with Crippen LogP contribution in [-0.2, 0) is 4.79 Å². The molecule has 0 fully saturated rings. The van der Waals surface area contributed by atoms with Gasteiger partial charge in [0, 0.05) is 7.05 Å². The van der Waals surface area contributed by atoms with Crippen molar-refractivity contribution in [3.05, 3.63) is 35.4 Å². The lowest BCUT2D eigenvalue weighted by Crippen LogP contribution is -2.35. The number of amides is 1. The minimum Gasteiger partial charge on any atom is -0.338 e. The predicted molar refractivity (Wildman–Crippen MR) is 66.3 cm³/mol. The summed E-state index contributed by atoms with van der Waals surface area (Å²) in [5, 5.41) is 2.87. The molecule has 1 amide bonds. The lowest BCUT2D eigenvalue weighted by Gasteiger charge is -2.25. The highest BCUT2D eigenvalue weighted by atomic mass is 16.2. The Bertz CT molecular complexity index is 345. The van der Waals surface area contributed by atoms with Gasteiger partial charge in [-0.2, -0.15) is 0 Å². The summed E-state index contributed by atoms with van der Waals surface area (Å²) in [4.78, 5) is 13.5. The van der Waals surface area contributed by atoms with E-state index in [1.165, 1.54) is 5.56 Å². The molecule has 0 heterocycles. The predicted octanol–water partition coefficient (Wildman–Crippen LogP) is 1.73. The minimum atomic E-state index is 0.107. The third kappa shape index (κ3) is 3.07. The van der Waals surface area contributed by atoms with E-state index in [9.17, 15) is 4.79 Å². The Kier molecular flexibility index (Phi) is 4.50. The summed E-state index contributed by atoms with van der Waals surface area (Å²) >= 11 is 0. The number of nitrogens with zero attached hydrogens (tertiary/aromatic N) is 1.